The Bertz CT molecular complexity index is 463. The van der Waals surface area contributed by atoms with Crippen LogP contribution in [0.1, 0.15) is 19.4 Å². The van der Waals surface area contributed by atoms with Crippen molar-refractivity contribution in [3.05, 3.63) is 28.2 Å². The fourth-order valence-corrected chi connectivity index (χ4v) is 1.60. The maximum Gasteiger partial charge on any atom is 0.242 e. The number of anilines is 1. The Balaban J connectivity index is 3.13. The molecule has 0 bridgehead atoms. The van der Waals surface area contributed by atoms with Gasteiger partial charge in [-0.25, -0.2) is 0 Å². The number of primary amides is 1. The molecule has 1 rings (SSSR count). The summed E-state index contributed by atoms with van der Waals surface area (Å²) in [5, 5.41) is 11.9. The molecule has 0 aliphatic heterocycles. The fourth-order valence-electron chi connectivity index (χ4n) is 1.14. The van der Waals surface area contributed by atoms with Crippen LogP contribution in [0.5, 0.6) is 0 Å². The molecule has 5 heteroatoms. The second kappa shape index (κ2) is 4.54. The normalized spacial score (nSPS) is 10.6. The summed E-state index contributed by atoms with van der Waals surface area (Å²) < 4.78 is 0.681. The summed E-state index contributed by atoms with van der Waals surface area (Å²) in [5.41, 5.74) is 5.39. The zero-order chi connectivity index (χ0) is 12.3. The molecule has 0 unspecified atom stereocenters. The Labute approximate surface area is 103 Å². The Morgan fingerprint density at radius 3 is 2.69 bits per heavy atom. The topological polar surface area (TPSA) is 78.9 Å². The Morgan fingerprint density at radius 1 is 1.56 bits per heavy atom. The van der Waals surface area contributed by atoms with Gasteiger partial charge in [-0.05, 0) is 41.9 Å². The minimum absolute atomic E-state index is 0.455. The van der Waals surface area contributed by atoms with Gasteiger partial charge in [0.15, 0.2) is 0 Å². The SMILES string of the molecule is CC(C)(Nc1cccc(Br)c1C#N)C(N)=O. The maximum atomic E-state index is 11.2. The van der Waals surface area contributed by atoms with Crippen molar-refractivity contribution >= 4 is 27.5 Å². The van der Waals surface area contributed by atoms with Gasteiger partial charge in [-0.15, -0.1) is 0 Å². The van der Waals surface area contributed by atoms with Crippen LogP contribution in [0.25, 0.3) is 0 Å². The average molecular weight is 282 g/mol. The first-order chi connectivity index (χ1) is 7.38. The summed E-state index contributed by atoms with van der Waals surface area (Å²) in [6, 6.07) is 7.34. The third kappa shape index (κ3) is 2.52. The van der Waals surface area contributed by atoms with Gasteiger partial charge in [-0.1, -0.05) is 6.07 Å². The van der Waals surface area contributed by atoms with E-state index in [0.717, 1.165) is 0 Å². The lowest BCUT2D eigenvalue weighted by atomic mass is 10.0. The predicted octanol–water partition coefficient (Wildman–Crippen LogP) is 2.00. The quantitative estimate of drug-likeness (QED) is 0.889. The van der Waals surface area contributed by atoms with Gasteiger partial charge in [-0.2, -0.15) is 5.26 Å². The molecule has 1 aromatic rings. The van der Waals surface area contributed by atoms with Crippen molar-refractivity contribution in [1.82, 2.24) is 0 Å². The molecule has 0 saturated carbocycles. The van der Waals surface area contributed by atoms with Crippen molar-refractivity contribution in [2.75, 3.05) is 5.32 Å². The summed E-state index contributed by atoms with van der Waals surface area (Å²) in [6.07, 6.45) is 0. The summed E-state index contributed by atoms with van der Waals surface area (Å²) in [5.74, 6) is -0.476. The number of benzene rings is 1. The van der Waals surface area contributed by atoms with E-state index in [9.17, 15) is 4.79 Å². The molecule has 0 aliphatic rings. The summed E-state index contributed by atoms with van der Waals surface area (Å²) >= 11 is 3.27. The Morgan fingerprint density at radius 2 is 2.19 bits per heavy atom. The van der Waals surface area contributed by atoms with Crippen molar-refractivity contribution in [1.29, 1.82) is 5.26 Å². The highest BCUT2D eigenvalue weighted by atomic mass is 79.9. The minimum atomic E-state index is -0.896. The van der Waals surface area contributed by atoms with Gasteiger partial charge in [0.2, 0.25) is 5.91 Å². The molecule has 1 amide bonds. The number of amides is 1. The Kier molecular flexibility index (Phi) is 3.55. The van der Waals surface area contributed by atoms with Gasteiger partial charge < -0.3 is 11.1 Å². The standard InChI is InChI=1S/C11H12BrN3O/c1-11(2,10(14)16)15-9-5-3-4-8(12)7(9)6-13/h3-5,15H,1-2H3,(H2,14,16). The molecule has 16 heavy (non-hydrogen) atoms. The second-order valence-corrected chi connectivity index (χ2v) is 4.74. The van der Waals surface area contributed by atoms with Crippen LogP contribution in [0.15, 0.2) is 22.7 Å². The van der Waals surface area contributed by atoms with Gasteiger partial charge >= 0.3 is 0 Å². The second-order valence-electron chi connectivity index (χ2n) is 3.89. The molecule has 0 radical (unpaired) electrons. The number of nitrogens with one attached hydrogen (secondary N) is 1. The highest BCUT2D eigenvalue weighted by Crippen LogP contribution is 2.26. The summed E-state index contributed by atoms with van der Waals surface area (Å²) in [4.78, 5) is 11.2. The van der Waals surface area contributed by atoms with Gasteiger partial charge in [-0.3, -0.25) is 4.79 Å². The van der Waals surface area contributed by atoms with Crippen LogP contribution in [-0.4, -0.2) is 11.4 Å². The Hall–Kier alpha value is -1.54. The number of carbonyl (C=O) groups is 1. The van der Waals surface area contributed by atoms with E-state index in [2.05, 4.69) is 27.3 Å². The van der Waals surface area contributed by atoms with Crippen LogP contribution >= 0.6 is 15.9 Å². The molecule has 0 aliphatic carbocycles. The smallest absolute Gasteiger partial charge is 0.242 e. The van der Waals surface area contributed by atoms with Gasteiger partial charge in [0.1, 0.15) is 11.6 Å². The van der Waals surface area contributed by atoms with E-state index >= 15 is 0 Å². The number of nitriles is 1. The van der Waals surface area contributed by atoms with E-state index in [4.69, 9.17) is 11.0 Å². The lowest BCUT2D eigenvalue weighted by molar-refractivity contribution is -0.121. The molecule has 0 saturated heterocycles. The van der Waals surface area contributed by atoms with Crippen molar-refractivity contribution in [3.63, 3.8) is 0 Å². The molecular weight excluding hydrogens is 270 g/mol. The number of hydrogen-bond donors (Lipinski definition) is 2. The van der Waals surface area contributed by atoms with Crippen molar-refractivity contribution in [2.45, 2.75) is 19.4 Å². The molecule has 0 atom stereocenters. The molecule has 3 N–H and O–H groups in total. The van der Waals surface area contributed by atoms with Gasteiger partial charge in [0.25, 0.3) is 0 Å². The molecule has 0 fully saturated rings. The van der Waals surface area contributed by atoms with Crippen molar-refractivity contribution < 1.29 is 4.79 Å². The fraction of sp³-hybridized carbons (Fsp3) is 0.273. The number of nitrogens with zero attached hydrogens (tertiary/aromatic N) is 1. The van der Waals surface area contributed by atoms with Crippen LogP contribution < -0.4 is 11.1 Å². The van der Waals surface area contributed by atoms with E-state index in [0.29, 0.717) is 15.7 Å². The predicted molar refractivity (Wildman–Crippen MR) is 65.8 cm³/mol. The number of halogens is 1. The molecule has 0 aromatic heterocycles. The monoisotopic (exact) mass is 281 g/mol. The number of hydrogen-bond acceptors (Lipinski definition) is 3. The largest absolute Gasteiger partial charge is 0.371 e. The van der Waals surface area contributed by atoms with E-state index in [1.807, 2.05) is 0 Å². The molecule has 84 valence electrons. The van der Waals surface area contributed by atoms with E-state index in [1.165, 1.54) is 0 Å². The zero-order valence-electron chi connectivity index (χ0n) is 9.04. The third-order valence-electron chi connectivity index (χ3n) is 2.19. The number of carbonyl (C=O) groups excluding carboxylic acids is 1. The first kappa shape index (κ1) is 12.5. The lowest BCUT2D eigenvalue weighted by Crippen LogP contribution is -2.45. The van der Waals surface area contributed by atoms with E-state index in [-0.39, 0.29) is 0 Å². The summed E-state index contributed by atoms with van der Waals surface area (Å²) in [7, 11) is 0. The molecular formula is C11H12BrN3O. The van der Waals surface area contributed by atoms with E-state index < -0.39 is 11.4 Å². The van der Waals surface area contributed by atoms with Gasteiger partial charge in [0.05, 0.1) is 11.3 Å². The molecule has 1 aromatic carbocycles. The lowest BCUT2D eigenvalue weighted by Gasteiger charge is -2.24. The third-order valence-corrected chi connectivity index (χ3v) is 2.85. The molecule has 4 nitrogen and oxygen atoms in total. The number of rotatable bonds is 3. The summed E-state index contributed by atoms with van der Waals surface area (Å²) in [6.45, 7) is 3.33. The van der Waals surface area contributed by atoms with E-state index in [1.54, 1.807) is 32.0 Å². The minimum Gasteiger partial charge on any atom is -0.371 e. The van der Waals surface area contributed by atoms with Crippen LogP contribution in [-0.2, 0) is 4.79 Å². The highest BCUT2D eigenvalue weighted by molar-refractivity contribution is 9.10. The highest BCUT2D eigenvalue weighted by Gasteiger charge is 2.25. The van der Waals surface area contributed by atoms with Crippen molar-refractivity contribution in [3.8, 4) is 6.07 Å². The first-order valence-corrected chi connectivity index (χ1v) is 5.44. The van der Waals surface area contributed by atoms with Crippen molar-refractivity contribution in [2.24, 2.45) is 5.73 Å². The maximum absolute atomic E-state index is 11.2. The number of nitrogens with two attached hydrogens (primary N) is 1. The average Bonchev–Trinajstić information content (AvgIpc) is 2.17. The first-order valence-electron chi connectivity index (χ1n) is 4.65. The molecule has 0 heterocycles. The van der Waals surface area contributed by atoms with Crippen LogP contribution in [0, 0.1) is 11.3 Å². The van der Waals surface area contributed by atoms with Crippen LogP contribution in [0.4, 0.5) is 5.69 Å². The van der Waals surface area contributed by atoms with Gasteiger partial charge in [0, 0.05) is 4.47 Å². The van der Waals surface area contributed by atoms with Crippen LogP contribution in [0.2, 0.25) is 0 Å². The molecule has 0 spiro atoms. The zero-order valence-corrected chi connectivity index (χ0v) is 10.6. The van der Waals surface area contributed by atoms with Crippen LogP contribution in [0.3, 0.4) is 0 Å².